The van der Waals surface area contributed by atoms with E-state index in [1.807, 2.05) is 12.1 Å². The number of methoxy groups -OCH3 is 1. The molecule has 1 spiro atoms. The minimum Gasteiger partial charge on any atom is -0.493 e. The number of rotatable bonds is 1. The van der Waals surface area contributed by atoms with Crippen LogP contribution in [0.4, 0.5) is 0 Å². The van der Waals surface area contributed by atoms with Crippen LogP contribution < -0.4 is 9.47 Å². The van der Waals surface area contributed by atoms with Gasteiger partial charge in [0.15, 0.2) is 23.4 Å². The van der Waals surface area contributed by atoms with E-state index in [0.717, 1.165) is 24.0 Å². The van der Waals surface area contributed by atoms with E-state index in [-0.39, 0.29) is 18.1 Å². The van der Waals surface area contributed by atoms with Crippen molar-refractivity contribution >= 4 is 5.78 Å². The quantitative estimate of drug-likeness (QED) is 0.812. The van der Waals surface area contributed by atoms with Gasteiger partial charge in [0.05, 0.1) is 18.6 Å². The molecule has 1 aromatic rings. The van der Waals surface area contributed by atoms with Gasteiger partial charge in [-0.1, -0.05) is 12.5 Å². The Balaban J connectivity index is 1.88. The highest BCUT2D eigenvalue weighted by Gasteiger charge is 2.74. The van der Waals surface area contributed by atoms with Gasteiger partial charge >= 0.3 is 0 Å². The first-order valence-electron chi connectivity index (χ1n) is 8.34. The average molecular weight is 316 g/mol. The third kappa shape index (κ3) is 1.28. The normalized spacial score (nSPS) is 42.9. The Labute approximate surface area is 134 Å². The predicted molar refractivity (Wildman–Crippen MR) is 80.7 cm³/mol. The summed E-state index contributed by atoms with van der Waals surface area (Å²) >= 11 is 0. The summed E-state index contributed by atoms with van der Waals surface area (Å²) in [5.41, 5.74) is -0.0664. The Morgan fingerprint density at radius 3 is 2.96 bits per heavy atom. The molecule has 122 valence electrons. The summed E-state index contributed by atoms with van der Waals surface area (Å²) in [7, 11) is 1.58. The molecule has 1 heterocycles. The van der Waals surface area contributed by atoms with Crippen LogP contribution in [0, 0.1) is 5.92 Å². The predicted octanol–water partition coefficient (Wildman–Crippen LogP) is 1.11. The zero-order valence-electron chi connectivity index (χ0n) is 13.0. The van der Waals surface area contributed by atoms with Gasteiger partial charge in [-0.05, 0) is 36.8 Å². The van der Waals surface area contributed by atoms with E-state index in [4.69, 9.17) is 9.47 Å². The molecule has 5 nitrogen and oxygen atoms in total. The van der Waals surface area contributed by atoms with Crippen molar-refractivity contribution in [2.45, 2.75) is 55.3 Å². The largest absolute Gasteiger partial charge is 0.493 e. The molecular weight excluding hydrogens is 296 g/mol. The standard InChI is InChI=1S/C18H20O5/c1-22-12-5-4-9-7-10-3-2-6-17-14(9)15(12)23-16(17)11(19)8-13(20)18(10,17)21/h4-5,10,13,16,20-21H,2-3,6-8H2,1H3/t10-,13+,16+,17+,18?/m1/s1. The molecule has 23 heavy (non-hydrogen) atoms. The van der Waals surface area contributed by atoms with Crippen molar-refractivity contribution in [2.75, 3.05) is 7.11 Å². The molecule has 3 aliphatic carbocycles. The van der Waals surface area contributed by atoms with Gasteiger partial charge in [-0.25, -0.2) is 0 Å². The lowest BCUT2D eigenvalue weighted by Crippen LogP contribution is -2.75. The number of hydrogen-bond donors (Lipinski definition) is 2. The van der Waals surface area contributed by atoms with Crippen LogP contribution in [-0.2, 0) is 16.6 Å². The van der Waals surface area contributed by atoms with Crippen LogP contribution in [0.1, 0.15) is 36.8 Å². The number of ether oxygens (including phenoxy) is 2. The number of hydrogen-bond acceptors (Lipinski definition) is 5. The van der Waals surface area contributed by atoms with Crippen molar-refractivity contribution in [2.24, 2.45) is 5.92 Å². The molecule has 2 bridgehead atoms. The van der Waals surface area contributed by atoms with Crippen molar-refractivity contribution in [1.29, 1.82) is 0 Å². The van der Waals surface area contributed by atoms with Crippen molar-refractivity contribution in [3.05, 3.63) is 23.3 Å². The summed E-state index contributed by atoms with van der Waals surface area (Å²) in [5, 5.41) is 22.3. The summed E-state index contributed by atoms with van der Waals surface area (Å²) in [6.07, 6.45) is 1.42. The van der Waals surface area contributed by atoms with Crippen LogP contribution in [0.5, 0.6) is 11.5 Å². The van der Waals surface area contributed by atoms with E-state index < -0.39 is 23.2 Å². The van der Waals surface area contributed by atoms with Crippen LogP contribution in [0.15, 0.2) is 12.1 Å². The first-order chi connectivity index (χ1) is 11.0. The number of aliphatic hydroxyl groups excluding tert-OH is 1. The SMILES string of the molecule is COc1ccc2c3c1O[C@H]1C(=O)C[C@H](O)C4(O)[C@H](CCC[C@]314)C2. The Bertz CT molecular complexity index is 728. The van der Waals surface area contributed by atoms with Crippen LogP contribution in [0.3, 0.4) is 0 Å². The molecule has 5 rings (SSSR count). The minimum atomic E-state index is -1.28. The van der Waals surface area contributed by atoms with Crippen molar-refractivity contribution < 1.29 is 24.5 Å². The molecule has 1 unspecified atom stereocenters. The second kappa shape index (κ2) is 4.08. The van der Waals surface area contributed by atoms with E-state index >= 15 is 0 Å². The summed E-state index contributed by atoms with van der Waals surface area (Å²) in [4.78, 5) is 12.6. The molecule has 0 saturated heterocycles. The Hall–Kier alpha value is -1.59. The molecule has 1 aromatic carbocycles. The number of ketones is 1. The third-order valence-corrected chi connectivity index (χ3v) is 6.68. The fourth-order valence-corrected chi connectivity index (χ4v) is 5.86. The van der Waals surface area contributed by atoms with Gasteiger partial charge in [-0.3, -0.25) is 4.79 Å². The lowest BCUT2D eigenvalue weighted by molar-refractivity contribution is -0.219. The fourth-order valence-electron chi connectivity index (χ4n) is 5.86. The smallest absolute Gasteiger partial charge is 0.177 e. The monoisotopic (exact) mass is 316 g/mol. The summed E-state index contributed by atoms with van der Waals surface area (Å²) in [6.45, 7) is 0. The average Bonchev–Trinajstić information content (AvgIpc) is 2.86. The highest BCUT2D eigenvalue weighted by molar-refractivity contribution is 5.90. The van der Waals surface area contributed by atoms with Gasteiger partial charge in [0, 0.05) is 12.0 Å². The first kappa shape index (κ1) is 13.8. The molecule has 2 saturated carbocycles. The Morgan fingerprint density at radius 1 is 1.35 bits per heavy atom. The molecule has 2 fully saturated rings. The van der Waals surface area contributed by atoms with Gasteiger partial charge in [0.1, 0.15) is 5.60 Å². The molecule has 4 aliphatic rings. The zero-order chi connectivity index (χ0) is 16.0. The van der Waals surface area contributed by atoms with Crippen LogP contribution in [-0.4, -0.2) is 40.9 Å². The zero-order valence-corrected chi connectivity index (χ0v) is 13.0. The molecule has 5 atom stereocenters. The lowest BCUT2D eigenvalue weighted by atomic mass is 9.45. The maximum absolute atomic E-state index is 12.6. The molecule has 1 aliphatic heterocycles. The second-order valence-electron chi connectivity index (χ2n) is 7.41. The Kier molecular flexibility index (Phi) is 2.45. The van der Waals surface area contributed by atoms with Crippen LogP contribution in [0.2, 0.25) is 0 Å². The maximum Gasteiger partial charge on any atom is 0.177 e. The molecule has 0 aromatic heterocycles. The number of Topliss-reactive ketones (excluding diaryl/α,β-unsaturated/α-hetero) is 1. The summed E-state index contributed by atoms with van der Waals surface area (Å²) < 4.78 is 11.5. The van der Waals surface area contributed by atoms with Gasteiger partial charge in [-0.15, -0.1) is 0 Å². The fraction of sp³-hybridized carbons (Fsp3) is 0.611. The highest BCUT2D eigenvalue weighted by Crippen LogP contribution is 2.66. The van der Waals surface area contributed by atoms with Crippen LogP contribution in [0.25, 0.3) is 0 Å². The highest BCUT2D eigenvalue weighted by atomic mass is 16.5. The van der Waals surface area contributed by atoms with Gasteiger partial charge in [0.2, 0.25) is 0 Å². The molecule has 0 amide bonds. The summed E-state index contributed by atoms with van der Waals surface area (Å²) in [6, 6.07) is 3.90. The maximum atomic E-state index is 12.6. The van der Waals surface area contributed by atoms with E-state index in [1.54, 1.807) is 7.11 Å². The molecule has 5 heteroatoms. The third-order valence-electron chi connectivity index (χ3n) is 6.68. The lowest BCUT2D eigenvalue weighted by Gasteiger charge is -2.61. The molecule has 2 N–H and O–H groups in total. The van der Waals surface area contributed by atoms with Gasteiger partial charge in [-0.2, -0.15) is 0 Å². The van der Waals surface area contributed by atoms with E-state index in [9.17, 15) is 15.0 Å². The van der Waals surface area contributed by atoms with Crippen molar-refractivity contribution in [3.8, 4) is 11.5 Å². The number of aliphatic hydroxyl groups is 2. The molecular formula is C18H20O5. The number of benzene rings is 1. The van der Waals surface area contributed by atoms with Crippen molar-refractivity contribution in [1.82, 2.24) is 0 Å². The van der Waals surface area contributed by atoms with Crippen molar-refractivity contribution in [3.63, 3.8) is 0 Å². The Morgan fingerprint density at radius 2 is 2.17 bits per heavy atom. The summed E-state index contributed by atoms with van der Waals surface area (Å²) in [5.74, 6) is 1.05. The second-order valence-corrected chi connectivity index (χ2v) is 7.41. The van der Waals surface area contributed by atoms with Gasteiger partial charge in [0.25, 0.3) is 0 Å². The topological polar surface area (TPSA) is 76.0 Å². The first-order valence-corrected chi connectivity index (χ1v) is 8.34. The van der Waals surface area contributed by atoms with E-state index in [2.05, 4.69) is 0 Å². The van der Waals surface area contributed by atoms with E-state index in [1.165, 1.54) is 0 Å². The van der Waals surface area contributed by atoms with Gasteiger partial charge < -0.3 is 19.7 Å². The number of carbonyl (C=O) groups is 1. The van der Waals surface area contributed by atoms with Crippen LogP contribution >= 0.6 is 0 Å². The number of carbonyl (C=O) groups excluding carboxylic acids is 1. The molecule has 0 radical (unpaired) electrons. The van der Waals surface area contributed by atoms with E-state index in [0.29, 0.717) is 24.3 Å². The minimum absolute atomic E-state index is 0.0303.